The molecule has 2 unspecified atom stereocenters. The second kappa shape index (κ2) is 4.26. The number of rotatable bonds is 2. The number of phenolic OH excluding ortho intramolecular Hbond substituents is 1. The number of aryl methyl sites for hydroxylation is 1. The molecule has 0 amide bonds. The van der Waals surface area contributed by atoms with Crippen LogP contribution >= 0.6 is 0 Å². The number of hydrogen-bond donors (Lipinski definition) is 3. The summed E-state index contributed by atoms with van der Waals surface area (Å²) in [5, 5.41) is 36.3. The number of aliphatic hydroxyl groups is 2. The standard InChI is InChI=1S/C10H10FNO3/c1-5-2-6(11)3-7(9(5)14)10(15)8(13)4-12/h2-3,8,10,13-15H,1H3. The third-order valence-electron chi connectivity index (χ3n) is 2.04. The van der Waals surface area contributed by atoms with Crippen LogP contribution in [0.3, 0.4) is 0 Å². The van der Waals surface area contributed by atoms with Crippen LogP contribution in [0.1, 0.15) is 17.2 Å². The molecule has 0 aliphatic heterocycles. The molecule has 80 valence electrons. The molecular weight excluding hydrogens is 201 g/mol. The van der Waals surface area contributed by atoms with Gasteiger partial charge in [-0.15, -0.1) is 0 Å². The van der Waals surface area contributed by atoms with Gasteiger partial charge in [-0.3, -0.25) is 0 Å². The lowest BCUT2D eigenvalue weighted by atomic mass is 10.0. The van der Waals surface area contributed by atoms with Crippen molar-refractivity contribution >= 4 is 0 Å². The summed E-state index contributed by atoms with van der Waals surface area (Å²) in [5.41, 5.74) is 0.0377. The maximum Gasteiger partial charge on any atom is 0.170 e. The molecule has 0 aliphatic rings. The van der Waals surface area contributed by atoms with Crippen LogP contribution < -0.4 is 0 Å². The number of aliphatic hydroxyl groups excluding tert-OH is 2. The Morgan fingerprint density at radius 3 is 2.53 bits per heavy atom. The van der Waals surface area contributed by atoms with Crippen LogP contribution in [-0.4, -0.2) is 21.4 Å². The first-order valence-corrected chi connectivity index (χ1v) is 4.22. The molecule has 3 N–H and O–H groups in total. The molecule has 0 spiro atoms. The van der Waals surface area contributed by atoms with Gasteiger partial charge in [-0.05, 0) is 24.6 Å². The van der Waals surface area contributed by atoms with Gasteiger partial charge in [0.2, 0.25) is 0 Å². The van der Waals surface area contributed by atoms with Crippen LogP contribution in [0.4, 0.5) is 4.39 Å². The molecule has 1 rings (SSSR count). The lowest BCUT2D eigenvalue weighted by Gasteiger charge is -2.14. The molecule has 0 bridgehead atoms. The SMILES string of the molecule is Cc1cc(F)cc(C(O)C(O)C#N)c1O. The molecule has 0 fully saturated rings. The molecule has 0 aromatic heterocycles. The Labute approximate surface area is 85.8 Å². The number of phenols is 1. The summed E-state index contributed by atoms with van der Waals surface area (Å²) in [7, 11) is 0. The number of nitriles is 1. The van der Waals surface area contributed by atoms with Crippen molar-refractivity contribution in [3.8, 4) is 11.8 Å². The topological polar surface area (TPSA) is 84.5 Å². The average Bonchev–Trinajstić information content (AvgIpc) is 2.21. The van der Waals surface area contributed by atoms with Crippen molar-refractivity contribution in [3.05, 3.63) is 29.1 Å². The Morgan fingerprint density at radius 2 is 2.00 bits per heavy atom. The number of benzene rings is 1. The largest absolute Gasteiger partial charge is 0.507 e. The van der Waals surface area contributed by atoms with Gasteiger partial charge in [0.15, 0.2) is 6.10 Å². The fourth-order valence-corrected chi connectivity index (χ4v) is 1.23. The normalized spacial score (nSPS) is 14.3. The summed E-state index contributed by atoms with van der Waals surface area (Å²) in [6.07, 6.45) is -3.32. The second-order valence-electron chi connectivity index (χ2n) is 3.18. The van der Waals surface area contributed by atoms with Gasteiger partial charge in [0.25, 0.3) is 0 Å². The fraction of sp³-hybridized carbons (Fsp3) is 0.300. The highest BCUT2D eigenvalue weighted by atomic mass is 19.1. The predicted octanol–water partition coefficient (Wildman–Crippen LogP) is 0.758. The van der Waals surface area contributed by atoms with E-state index in [1.54, 1.807) is 0 Å². The number of hydrogen-bond acceptors (Lipinski definition) is 4. The molecule has 0 saturated heterocycles. The molecule has 0 saturated carbocycles. The summed E-state index contributed by atoms with van der Waals surface area (Å²) in [4.78, 5) is 0. The van der Waals surface area contributed by atoms with Gasteiger partial charge in [-0.25, -0.2) is 4.39 Å². The fourth-order valence-electron chi connectivity index (χ4n) is 1.23. The minimum absolute atomic E-state index is 0.193. The van der Waals surface area contributed by atoms with Gasteiger partial charge in [-0.1, -0.05) is 0 Å². The van der Waals surface area contributed by atoms with Gasteiger partial charge in [-0.2, -0.15) is 5.26 Å². The monoisotopic (exact) mass is 211 g/mol. The number of aromatic hydroxyl groups is 1. The smallest absolute Gasteiger partial charge is 0.170 e. The second-order valence-corrected chi connectivity index (χ2v) is 3.18. The highest BCUT2D eigenvalue weighted by Gasteiger charge is 2.22. The molecule has 2 atom stereocenters. The predicted molar refractivity (Wildman–Crippen MR) is 49.4 cm³/mol. The van der Waals surface area contributed by atoms with E-state index in [4.69, 9.17) is 10.4 Å². The van der Waals surface area contributed by atoms with Crippen LogP contribution in [-0.2, 0) is 0 Å². The zero-order valence-corrected chi connectivity index (χ0v) is 7.98. The lowest BCUT2D eigenvalue weighted by molar-refractivity contribution is 0.0508. The molecule has 5 heteroatoms. The first kappa shape index (κ1) is 11.4. The molecule has 0 heterocycles. The summed E-state index contributed by atoms with van der Waals surface area (Å²) in [6, 6.07) is 3.37. The zero-order chi connectivity index (χ0) is 11.6. The Kier molecular flexibility index (Phi) is 3.24. The highest BCUT2D eigenvalue weighted by molar-refractivity contribution is 5.42. The average molecular weight is 211 g/mol. The van der Waals surface area contributed by atoms with Crippen molar-refractivity contribution in [2.75, 3.05) is 0 Å². The van der Waals surface area contributed by atoms with E-state index in [9.17, 15) is 14.6 Å². The molecular formula is C10H10FNO3. The maximum atomic E-state index is 12.9. The van der Waals surface area contributed by atoms with Gasteiger partial charge < -0.3 is 15.3 Å². The first-order valence-electron chi connectivity index (χ1n) is 4.22. The lowest BCUT2D eigenvalue weighted by Crippen LogP contribution is -2.16. The molecule has 15 heavy (non-hydrogen) atoms. The summed E-state index contributed by atoms with van der Waals surface area (Å²) < 4.78 is 12.9. The van der Waals surface area contributed by atoms with E-state index in [0.717, 1.165) is 12.1 Å². The van der Waals surface area contributed by atoms with Crippen LogP contribution in [0.2, 0.25) is 0 Å². The van der Waals surface area contributed by atoms with Gasteiger partial charge in [0.05, 0.1) is 6.07 Å². The van der Waals surface area contributed by atoms with Crippen molar-refractivity contribution in [2.24, 2.45) is 0 Å². The zero-order valence-electron chi connectivity index (χ0n) is 7.98. The summed E-state index contributed by atoms with van der Waals surface area (Å²) >= 11 is 0. The van der Waals surface area contributed by atoms with Crippen LogP contribution in [0.25, 0.3) is 0 Å². The van der Waals surface area contributed by atoms with Crippen LogP contribution in [0, 0.1) is 24.1 Å². The van der Waals surface area contributed by atoms with Gasteiger partial charge >= 0.3 is 0 Å². The van der Waals surface area contributed by atoms with Gasteiger partial charge in [0.1, 0.15) is 17.7 Å². The minimum Gasteiger partial charge on any atom is -0.507 e. The Bertz CT molecular complexity index is 414. The molecule has 0 aliphatic carbocycles. The van der Waals surface area contributed by atoms with Crippen LogP contribution in [0.5, 0.6) is 5.75 Å². The molecule has 4 nitrogen and oxygen atoms in total. The van der Waals surface area contributed by atoms with E-state index in [2.05, 4.69) is 0 Å². The van der Waals surface area contributed by atoms with Crippen molar-refractivity contribution < 1.29 is 19.7 Å². The third-order valence-corrected chi connectivity index (χ3v) is 2.04. The van der Waals surface area contributed by atoms with Crippen molar-refractivity contribution in [1.82, 2.24) is 0 Å². The summed E-state index contributed by atoms with van der Waals surface area (Å²) in [5.74, 6) is -0.970. The van der Waals surface area contributed by atoms with E-state index in [0.29, 0.717) is 0 Å². The third kappa shape index (κ3) is 2.24. The Hall–Kier alpha value is -1.64. The van der Waals surface area contributed by atoms with Gasteiger partial charge in [0, 0.05) is 5.56 Å². The Morgan fingerprint density at radius 1 is 1.40 bits per heavy atom. The quantitative estimate of drug-likeness (QED) is 0.630. The maximum absolute atomic E-state index is 12.9. The van der Waals surface area contributed by atoms with E-state index >= 15 is 0 Å². The number of halogens is 1. The minimum atomic E-state index is -1.70. The molecule has 1 aromatic carbocycles. The Balaban J connectivity index is 3.20. The van der Waals surface area contributed by atoms with Crippen molar-refractivity contribution in [1.29, 1.82) is 5.26 Å². The van der Waals surface area contributed by atoms with Crippen LogP contribution in [0.15, 0.2) is 12.1 Å². The van der Waals surface area contributed by atoms with E-state index in [1.165, 1.54) is 13.0 Å². The molecule has 1 aromatic rings. The first-order chi connectivity index (χ1) is 6.97. The number of nitrogens with zero attached hydrogens (tertiary/aromatic N) is 1. The summed E-state index contributed by atoms with van der Waals surface area (Å²) in [6.45, 7) is 1.45. The van der Waals surface area contributed by atoms with E-state index in [1.807, 2.05) is 0 Å². The van der Waals surface area contributed by atoms with E-state index < -0.39 is 18.0 Å². The molecule has 0 radical (unpaired) electrons. The van der Waals surface area contributed by atoms with Crippen molar-refractivity contribution in [3.63, 3.8) is 0 Å². The van der Waals surface area contributed by atoms with E-state index in [-0.39, 0.29) is 16.9 Å². The van der Waals surface area contributed by atoms with Crippen molar-refractivity contribution in [2.45, 2.75) is 19.1 Å². The highest BCUT2D eigenvalue weighted by Crippen LogP contribution is 2.30.